The number of hydrogen-bond donors (Lipinski definition) is 0. The van der Waals surface area contributed by atoms with Crippen LogP contribution < -0.4 is 0 Å². The highest BCUT2D eigenvalue weighted by Crippen LogP contribution is 2.40. The summed E-state index contributed by atoms with van der Waals surface area (Å²) in [5.41, 5.74) is 0. The van der Waals surface area contributed by atoms with E-state index in [0.29, 0.717) is 23.7 Å². The third-order valence-corrected chi connectivity index (χ3v) is 4.72. The zero-order valence-corrected chi connectivity index (χ0v) is 9.45. The highest BCUT2D eigenvalue weighted by molar-refractivity contribution is 5.85. The van der Waals surface area contributed by atoms with E-state index in [1.54, 1.807) is 0 Å². The molecular formula is C13H21NO. The highest BCUT2D eigenvalue weighted by atomic mass is 16.1. The maximum atomic E-state index is 12.1. The van der Waals surface area contributed by atoms with E-state index in [4.69, 9.17) is 0 Å². The average molecular weight is 207 g/mol. The summed E-state index contributed by atoms with van der Waals surface area (Å²) in [7, 11) is 0. The molecule has 2 nitrogen and oxygen atoms in total. The fourth-order valence-corrected chi connectivity index (χ4v) is 3.92. The van der Waals surface area contributed by atoms with Crippen molar-refractivity contribution < 1.29 is 4.79 Å². The van der Waals surface area contributed by atoms with Crippen LogP contribution in [0.15, 0.2) is 0 Å². The van der Waals surface area contributed by atoms with Crippen LogP contribution in [0.25, 0.3) is 0 Å². The van der Waals surface area contributed by atoms with Crippen LogP contribution in [0.1, 0.15) is 44.9 Å². The summed E-state index contributed by atoms with van der Waals surface area (Å²) in [5.74, 6) is 1.47. The van der Waals surface area contributed by atoms with Gasteiger partial charge in [0, 0.05) is 17.9 Å². The molecule has 2 bridgehead atoms. The highest BCUT2D eigenvalue weighted by Gasteiger charge is 2.42. The molecule has 0 N–H and O–H groups in total. The normalized spacial score (nSPS) is 42.1. The lowest BCUT2D eigenvalue weighted by atomic mass is 9.68. The number of carbonyl (C=O) groups is 1. The van der Waals surface area contributed by atoms with Crippen molar-refractivity contribution in [3.05, 3.63) is 0 Å². The average Bonchev–Trinajstić information content (AvgIpc) is 2.70. The molecule has 2 saturated carbocycles. The maximum absolute atomic E-state index is 12.1. The number of ketones is 1. The number of Topliss-reactive ketones (excluding diaryl/α,β-unsaturated/α-hetero) is 1. The summed E-state index contributed by atoms with van der Waals surface area (Å²) in [4.78, 5) is 14.7. The number of carbonyl (C=O) groups excluding carboxylic acids is 1. The van der Waals surface area contributed by atoms with Gasteiger partial charge in [-0.2, -0.15) is 0 Å². The lowest BCUT2D eigenvalue weighted by Gasteiger charge is -2.42. The zero-order valence-electron chi connectivity index (χ0n) is 9.45. The number of hydrogen-bond acceptors (Lipinski definition) is 2. The molecule has 0 spiro atoms. The summed E-state index contributed by atoms with van der Waals surface area (Å²) in [6.45, 7) is 2.50. The Labute approximate surface area is 92.0 Å². The van der Waals surface area contributed by atoms with Crippen LogP contribution in [0.2, 0.25) is 0 Å². The van der Waals surface area contributed by atoms with Gasteiger partial charge in [0.2, 0.25) is 0 Å². The molecule has 84 valence electrons. The maximum Gasteiger partial charge on any atom is 0.140 e. The Hall–Kier alpha value is -0.370. The van der Waals surface area contributed by atoms with Gasteiger partial charge in [-0.05, 0) is 51.6 Å². The fourth-order valence-electron chi connectivity index (χ4n) is 3.92. The fraction of sp³-hybridized carbons (Fsp3) is 0.923. The first-order chi connectivity index (χ1) is 7.36. The molecule has 2 aliphatic carbocycles. The van der Waals surface area contributed by atoms with Crippen molar-refractivity contribution in [2.75, 3.05) is 13.1 Å². The van der Waals surface area contributed by atoms with Crippen LogP contribution in [0.3, 0.4) is 0 Å². The van der Waals surface area contributed by atoms with Crippen molar-refractivity contribution in [3.8, 4) is 0 Å². The summed E-state index contributed by atoms with van der Waals surface area (Å²) in [6, 6.07) is 0.622. The smallest absolute Gasteiger partial charge is 0.140 e. The van der Waals surface area contributed by atoms with E-state index in [1.807, 2.05) is 0 Å². The van der Waals surface area contributed by atoms with Crippen molar-refractivity contribution in [1.29, 1.82) is 0 Å². The lowest BCUT2D eigenvalue weighted by molar-refractivity contribution is -0.135. The van der Waals surface area contributed by atoms with Gasteiger partial charge >= 0.3 is 0 Å². The molecule has 0 aromatic rings. The molecule has 15 heavy (non-hydrogen) atoms. The predicted molar refractivity (Wildman–Crippen MR) is 59.7 cm³/mol. The van der Waals surface area contributed by atoms with Crippen LogP contribution in [-0.4, -0.2) is 29.8 Å². The van der Waals surface area contributed by atoms with E-state index in [-0.39, 0.29) is 0 Å². The van der Waals surface area contributed by atoms with Crippen LogP contribution in [0, 0.1) is 11.8 Å². The minimum Gasteiger partial charge on any atom is -0.300 e. The number of fused-ring (bicyclic) bond motifs is 2. The monoisotopic (exact) mass is 207 g/mol. The van der Waals surface area contributed by atoms with Gasteiger partial charge in [-0.1, -0.05) is 6.42 Å². The van der Waals surface area contributed by atoms with Crippen molar-refractivity contribution in [1.82, 2.24) is 4.90 Å². The molecule has 1 saturated heterocycles. The Morgan fingerprint density at radius 1 is 0.933 bits per heavy atom. The molecule has 0 aromatic heterocycles. The van der Waals surface area contributed by atoms with Crippen molar-refractivity contribution in [2.24, 2.45) is 11.8 Å². The molecule has 3 fully saturated rings. The quantitative estimate of drug-likeness (QED) is 0.657. The molecule has 1 aliphatic heterocycles. The van der Waals surface area contributed by atoms with E-state index < -0.39 is 0 Å². The Morgan fingerprint density at radius 2 is 1.73 bits per heavy atom. The molecule has 3 rings (SSSR count). The minimum absolute atomic E-state index is 0.413. The molecule has 0 aromatic carbocycles. The van der Waals surface area contributed by atoms with Crippen molar-refractivity contribution in [3.63, 3.8) is 0 Å². The second-order valence-electron chi connectivity index (χ2n) is 5.52. The Bertz CT molecular complexity index is 257. The summed E-state index contributed by atoms with van der Waals surface area (Å²) >= 11 is 0. The van der Waals surface area contributed by atoms with Gasteiger partial charge in [-0.25, -0.2) is 0 Å². The third-order valence-electron chi connectivity index (χ3n) is 4.72. The van der Waals surface area contributed by atoms with Crippen molar-refractivity contribution in [2.45, 2.75) is 51.0 Å². The molecular weight excluding hydrogens is 186 g/mol. The number of rotatable bonds is 1. The van der Waals surface area contributed by atoms with Gasteiger partial charge in [0.05, 0.1) is 0 Å². The van der Waals surface area contributed by atoms with Gasteiger partial charge in [-0.3, -0.25) is 9.69 Å². The van der Waals surface area contributed by atoms with Gasteiger partial charge in [0.25, 0.3) is 0 Å². The van der Waals surface area contributed by atoms with E-state index in [0.717, 1.165) is 0 Å². The second-order valence-corrected chi connectivity index (χ2v) is 5.52. The molecule has 0 unspecified atom stereocenters. The molecule has 1 heterocycles. The summed E-state index contributed by atoms with van der Waals surface area (Å²) in [5, 5.41) is 0. The van der Waals surface area contributed by atoms with Gasteiger partial charge in [0.15, 0.2) is 0 Å². The van der Waals surface area contributed by atoms with E-state index in [1.165, 1.54) is 58.0 Å². The first-order valence-electron chi connectivity index (χ1n) is 6.64. The number of likely N-dealkylation sites (tertiary alicyclic amines) is 1. The van der Waals surface area contributed by atoms with E-state index >= 15 is 0 Å². The first kappa shape index (κ1) is 9.83. The molecule has 3 aliphatic rings. The summed E-state index contributed by atoms with van der Waals surface area (Å²) < 4.78 is 0. The molecule has 0 radical (unpaired) electrons. The second kappa shape index (κ2) is 3.89. The Morgan fingerprint density at radius 3 is 2.53 bits per heavy atom. The lowest BCUT2D eigenvalue weighted by Crippen LogP contribution is -2.49. The SMILES string of the molecule is O=C1[C@H]2CCC[C@@H]1[C@@H](N1CCCC1)CC2. The molecule has 2 heteroatoms. The van der Waals surface area contributed by atoms with Gasteiger partial charge in [0.1, 0.15) is 5.78 Å². The van der Waals surface area contributed by atoms with Crippen molar-refractivity contribution >= 4 is 5.78 Å². The topological polar surface area (TPSA) is 20.3 Å². The zero-order chi connectivity index (χ0) is 10.3. The Kier molecular flexibility index (Phi) is 2.55. The van der Waals surface area contributed by atoms with Gasteiger partial charge < -0.3 is 0 Å². The van der Waals surface area contributed by atoms with Gasteiger partial charge in [-0.15, -0.1) is 0 Å². The minimum atomic E-state index is 0.413. The van der Waals surface area contributed by atoms with Crippen LogP contribution >= 0.6 is 0 Å². The Balaban J connectivity index is 1.75. The standard InChI is InChI=1S/C13H21NO/c15-13-10-4-3-5-11(13)12(7-6-10)14-8-1-2-9-14/h10-12H,1-9H2/t10-,11+,12-/m0/s1. The predicted octanol–water partition coefficient (Wildman–Crippen LogP) is 2.23. The van der Waals surface area contributed by atoms with E-state index in [2.05, 4.69) is 4.90 Å². The third kappa shape index (κ3) is 1.63. The van der Waals surface area contributed by atoms with Crippen LogP contribution in [0.5, 0.6) is 0 Å². The largest absolute Gasteiger partial charge is 0.300 e. The van der Waals surface area contributed by atoms with E-state index in [9.17, 15) is 4.79 Å². The van der Waals surface area contributed by atoms with Crippen LogP contribution in [0.4, 0.5) is 0 Å². The van der Waals surface area contributed by atoms with Crippen LogP contribution in [-0.2, 0) is 4.79 Å². The first-order valence-corrected chi connectivity index (χ1v) is 6.64. The number of nitrogens with zero attached hydrogens (tertiary/aromatic N) is 1. The summed E-state index contributed by atoms with van der Waals surface area (Å²) in [6.07, 6.45) is 8.82. The molecule has 0 amide bonds. The molecule has 3 atom stereocenters.